The Balaban J connectivity index is 1.12. The summed E-state index contributed by atoms with van der Waals surface area (Å²) in [5.74, 6) is 1.64. The molecule has 3 heterocycles. The van der Waals surface area contributed by atoms with Crippen molar-refractivity contribution in [3.05, 3.63) is 103 Å². The van der Waals surface area contributed by atoms with Gasteiger partial charge >= 0.3 is 0 Å². The zero-order chi connectivity index (χ0) is 25.0. The summed E-state index contributed by atoms with van der Waals surface area (Å²) in [6.45, 7) is 4.48. The van der Waals surface area contributed by atoms with Crippen LogP contribution in [-0.4, -0.2) is 56.4 Å². The number of pyridine rings is 1. The topological polar surface area (TPSA) is 63.5 Å². The van der Waals surface area contributed by atoms with Crippen LogP contribution in [0.25, 0.3) is 21.9 Å². The van der Waals surface area contributed by atoms with Crippen molar-refractivity contribution in [3.8, 4) is 5.75 Å². The van der Waals surface area contributed by atoms with E-state index in [1.165, 1.54) is 5.56 Å². The van der Waals surface area contributed by atoms with Crippen LogP contribution in [0.4, 0.5) is 0 Å². The summed E-state index contributed by atoms with van der Waals surface area (Å²) >= 11 is 0. The lowest BCUT2D eigenvalue weighted by molar-refractivity contribution is -0.133. The van der Waals surface area contributed by atoms with Crippen molar-refractivity contribution < 1.29 is 9.53 Å². The van der Waals surface area contributed by atoms with E-state index in [4.69, 9.17) is 9.72 Å². The first-order chi connectivity index (χ1) is 18.2. The molecule has 1 amide bonds. The van der Waals surface area contributed by atoms with Crippen LogP contribution in [0.5, 0.6) is 5.75 Å². The van der Waals surface area contributed by atoms with Gasteiger partial charge in [0.25, 0.3) is 0 Å². The summed E-state index contributed by atoms with van der Waals surface area (Å²) in [6, 6.07) is 28.0. The maximum Gasteiger partial charge on any atom is 0.242 e. The largest absolute Gasteiger partial charge is 0.486 e. The van der Waals surface area contributed by atoms with Crippen molar-refractivity contribution >= 4 is 27.8 Å². The van der Waals surface area contributed by atoms with Crippen molar-refractivity contribution in [1.82, 2.24) is 24.3 Å². The van der Waals surface area contributed by atoms with Crippen LogP contribution in [0.15, 0.2) is 91.1 Å². The van der Waals surface area contributed by atoms with E-state index in [1.807, 2.05) is 76.3 Å². The number of piperazine rings is 1. The summed E-state index contributed by atoms with van der Waals surface area (Å²) in [4.78, 5) is 27.1. The molecule has 0 saturated carbocycles. The number of hydrogen-bond acceptors (Lipinski definition) is 5. The summed E-state index contributed by atoms with van der Waals surface area (Å²) in [5.41, 5.74) is 4.10. The van der Waals surface area contributed by atoms with Crippen molar-refractivity contribution in [1.29, 1.82) is 0 Å². The molecule has 6 rings (SSSR count). The van der Waals surface area contributed by atoms with Crippen LogP contribution < -0.4 is 4.74 Å². The van der Waals surface area contributed by atoms with Gasteiger partial charge in [-0.2, -0.15) is 0 Å². The number of benzene rings is 3. The highest BCUT2D eigenvalue weighted by atomic mass is 16.5. The highest BCUT2D eigenvalue weighted by Gasteiger charge is 2.23. The molecule has 186 valence electrons. The molecule has 37 heavy (non-hydrogen) atoms. The van der Waals surface area contributed by atoms with E-state index in [9.17, 15) is 4.79 Å². The zero-order valence-corrected chi connectivity index (χ0v) is 20.7. The van der Waals surface area contributed by atoms with E-state index in [0.29, 0.717) is 19.7 Å². The standard InChI is InChI=1S/C30H29N5O2/c36-29(34-18-16-33(17-19-34)20-24-9-6-8-23-10-7-15-31-30(23)24)21-35-27-14-5-4-13-26(27)32-28(35)22-37-25-11-2-1-3-12-25/h1-15H,16-22H2. The number of fused-ring (bicyclic) bond motifs is 2. The third-order valence-electron chi connectivity index (χ3n) is 6.97. The molecule has 1 saturated heterocycles. The minimum absolute atomic E-state index is 0.107. The number of amides is 1. The summed E-state index contributed by atoms with van der Waals surface area (Å²) in [5, 5.41) is 1.16. The van der Waals surface area contributed by atoms with Gasteiger partial charge in [-0.15, -0.1) is 0 Å². The lowest BCUT2D eigenvalue weighted by Crippen LogP contribution is -2.49. The Hall–Kier alpha value is -4.23. The number of carbonyl (C=O) groups is 1. The fourth-order valence-corrected chi connectivity index (χ4v) is 5.00. The lowest BCUT2D eigenvalue weighted by atomic mass is 10.1. The Kier molecular flexibility index (Phi) is 6.52. The van der Waals surface area contributed by atoms with E-state index >= 15 is 0 Å². The summed E-state index contributed by atoms with van der Waals surface area (Å²) < 4.78 is 7.97. The van der Waals surface area contributed by atoms with E-state index in [0.717, 1.165) is 53.1 Å². The number of nitrogens with zero attached hydrogens (tertiary/aromatic N) is 5. The second-order valence-electron chi connectivity index (χ2n) is 9.35. The molecule has 0 unspecified atom stereocenters. The average molecular weight is 492 g/mol. The molecule has 5 aromatic rings. The van der Waals surface area contributed by atoms with E-state index < -0.39 is 0 Å². The number of ether oxygens (including phenoxy) is 1. The molecule has 0 spiro atoms. The van der Waals surface area contributed by atoms with Gasteiger partial charge in [-0.25, -0.2) is 4.98 Å². The Morgan fingerprint density at radius 1 is 0.838 bits per heavy atom. The summed E-state index contributed by atoms with van der Waals surface area (Å²) in [7, 11) is 0. The first-order valence-electron chi connectivity index (χ1n) is 12.7. The summed E-state index contributed by atoms with van der Waals surface area (Å²) in [6.07, 6.45) is 1.85. The van der Waals surface area contributed by atoms with Gasteiger partial charge in [-0.05, 0) is 35.9 Å². The van der Waals surface area contributed by atoms with E-state index in [2.05, 4.69) is 34.1 Å². The number of aromatic nitrogens is 3. The molecular formula is C30H29N5O2. The van der Waals surface area contributed by atoms with Crippen molar-refractivity contribution in [2.24, 2.45) is 0 Å². The van der Waals surface area contributed by atoms with Gasteiger partial charge < -0.3 is 14.2 Å². The van der Waals surface area contributed by atoms with Gasteiger partial charge in [-0.1, -0.05) is 54.6 Å². The van der Waals surface area contributed by atoms with Gasteiger partial charge in [0.1, 0.15) is 24.7 Å². The Morgan fingerprint density at radius 2 is 1.62 bits per heavy atom. The predicted octanol–water partition coefficient (Wildman–Crippen LogP) is 4.51. The van der Waals surface area contributed by atoms with Crippen molar-refractivity contribution in [3.63, 3.8) is 0 Å². The van der Waals surface area contributed by atoms with Crippen LogP contribution in [0, 0.1) is 0 Å². The van der Waals surface area contributed by atoms with Crippen LogP contribution in [0.1, 0.15) is 11.4 Å². The van der Waals surface area contributed by atoms with Crippen LogP contribution in [0.2, 0.25) is 0 Å². The number of carbonyl (C=O) groups excluding carboxylic acids is 1. The molecule has 1 aliphatic heterocycles. The van der Waals surface area contributed by atoms with E-state index in [1.54, 1.807) is 0 Å². The third kappa shape index (κ3) is 5.04. The average Bonchev–Trinajstić information content (AvgIpc) is 3.30. The number of rotatable bonds is 7. The highest BCUT2D eigenvalue weighted by Crippen LogP contribution is 2.21. The maximum atomic E-state index is 13.4. The monoisotopic (exact) mass is 491 g/mol. The number of imidazole rings is 1. The molecule has 7 heteroatoms. The molecule has 3 aromatic carbocycles. The number of para-hydroxylation sites is 4. The van der Waals surface area contributed by atoms with Crippen LogP contribution in [-0.2, 0) is 24.5 Å². The molecule has 0 bridgehead atoms. The van der Waals surface area contributed by atoms with Gasteiger partial charge in [-0.3, -0.25) is 14.7 Å². The lowest BCUT2D eigenvalue weighted by Gasteiger charge is -2.35. The molecule has 1 fully saturated rings. The number of hydrogen-bond donors (Lipinski definition) is 0. The zero-order valence-electron chi connectivity index (χ0n) is 20.7. The molecule has 0 radical (unpaired) electrons. The second-order valence-corrected chi connectivity index (χ2v) is 9.35. The van der Waals surface area contributed by atoms with Gasteiger partial charge in [0, 0.05) is 44.3 Å². The molecular weight excluding hydrogens is 462 g/mol. The molecule has 2 aromatic heterocycles. The Morgan fingerprint density at radius 3 is 2.49 bits per heavy atom. The van der Waals surface area contributed by atoms with E-state index in [-0.39, 0.29) is 12.5 Å². The van der Waals surface area contributed by atoms with Crippen LogP contribution >= 0.6 is 0 Å². The Bertz CT molecular complexity index is 1520. The molecule has 0 N–H and O–H groups in total. The minimum atomic E-state index is 0.107. The quantitative estimate of drug-likeness (QED) is 0.335. The SMILES string of the molecule is O=C(Cn1c(COc2ccccc2)nc2ccccc21)N1CCN(Cc2cccc3cccnc23)CC1. The molecule has 7 nitrogen and oxygen atoms in total. The second kappa shape index (κ2) is 10.4. The maximum absolute atomic E-state index is 13.4. The normalized spacial score (nSPS) is 14.3. The smallest absolute Gasteiger partial charge is 0.242 e. The fraction of sp³-hybridized carbons (Fsp3) is 0.233. The third-order valence-corrected chi connectivity index (χ3v) is 6.97. The van der Waals surface area contributed by atoms with Gasteiger partial charge in [0.2, 0.25) is 5.91 Å². The fourth-order valence-electron chi connectivity index (χ4n) is 5.00. The minimum Gasteiger partial charge on any atom is -0.486 e. The van der Waals surface area contributed by atoms with Gasteiger partial charge in [0.15, 0.2) is 0 Å². The Labute approximate surface area is 215 Å². The molecule has 0 aliphatic carbocycles. The van der Waals surface area contributed by atoms with Crippen molar-refractivity contribution in [2.45, 2.75) is 19.7 Å². The first kappa shape index (κ1) is 23.2. The van der Waals surface area contributed by atoms with Crippen LogP contribution in [0.3, 0.4) is 0 Å². The van der Waals surface area contributed by atoms with Crippen molar-refractivity contribution in [2.75, 3.05) is 26.2 Å². The molecule has 1 aliphatic rings. The predicted molar refractivity (Wildman–Crippen MR) is 144 cm³/mol. The first-order valence-corrected chi connectivity index (χ1v) is 12.7. The van der Waals surface area contributed by atoms with Gasteiger partial charge in [0.05, 0.1) is 16.6 Å². The molecule has 0 atom stereocenters. The highest BCUT2D eigenvalue weighted by molar-refractivity contribution is 5.82.